The van der Waals surface area contributed by atoms with Crippen LogP contribution in [0.4, 0.5) is 5.69 Å². The molecule has 1 saturated carbocycles. The number of pyridine rings is 1. The lowest BCUT2D eigenvalue weighted by molar-refractivity contribution is 0.161. The third kappa shape index (κ3) is 3.69. The highest BCUT2D eigenvalue weighted by atomic mass is 15.4. The number of hydrogen-bond donors (Lipinski definition) is 0. The molecular weight excluding hydrogens is 500 g/mol. The second-order valence-corrected chi connectivity index (χ2v) is 11.8. The maximum absolute atomic E-state index is 9.63. The number of piperazine rings is 1. The van der Waals surface area contributed by atoms with Crippen molar-refractivity contribution in [3.63, 3.8) is 0 Å². The van der Waals surface area contributed by atoms with Gasteiger partial charge in [-0.25, -0.2) is 0 Å². The SMILES string of the molecule is N#Cc1cncc(C23CC2C=CC=C3C2=C(N3C4C=CC=CC4N(c4ccccc4)C4C=CC=CC43)CCC=C2)c1. The molecule has 1 aromatic heterocycles. The number of aromatic nitrogens is 1. The highest BCUT2D eigenvalue weighted by molar-refractivity contribution is 5.63. The fraction of sp³-hybridized carbons (Fsp3) is 0.243. The van der Waals surface area contributed by atoms with Crippen molar-refractivity contribution < 1.29 is 0 Å². The number of rotatable bonds is 4. The van der Waals surface area contributed by atoms with E-state index in [4.69, 9.17) is 0 Å². The van der Waals surface area contributed by atoms with Gasteiger partial charge in [0, 0.05) is 29.2 Å². The van der Waals surface area contributed by atoms with E-state index >= 15 is 0 Å². The van der Waals surface area contributed by atoms with E-state index in [-0.39, 0.29) is 29.6 Å². The number of para-hydroxylation sites is 1. The summed E-state index contributed by atoms with van der Waals surface area (Å²) in [5, 5.41) is 9.63. The molecule has 8 rings (SSSR count). The summed E-state index contributed by atoms with van der Waals surface area (Å²) in [6.07, 6.45) is 36.8. The van der Waals surface area contributed by atoms with Gasteiger partial charge in [0.2, 0.25) is 0 Å². The molecule has 2 heterocycles. The topological polar surface area (TPSA) is 43.2 Å². The smallest absolute Gasteiger partial charge is 0.101 e. The normalized spacial score (nSPS) is 32.3. The van der Waals surface area contributed by atoms with Crippen LogP contribution in [0.25, 0.3) is 0 Å². The lowest BCUT2D eigenvalue weighted by Crippen LogP contribution is -2.67. The van der Waals surface area contributed by atoms with Crippen LogP contribution in [0.3, 0.4) is 0 Å². The van der Waals surface area contributed by atoms with E-state index < -0.39 is 0 Å². The van der Waals surface area contributed by atoms with E-state index in [0.717, 1.165) is 24.8 Å². The van der Waals surface area contributed by atoms with Gasteiger partial charge in [-0.15, -0.1) is 0 Å². The number of anilines is 1. The van der Waals surface area contributed by atoms with Crippen molar-refractivity contribution in [2.24, 2.45) is 5.92 Å². The lowest BCUT2D eigenvalue weighted by atomic mass is 9.76. The molecule has 200 valence electrons. The van der Waals surface area contributed by atoms with E-state index in [0.29, 0.717) is 11.5 Å². The average molecular weight is 533 g/mol. The molecule has 4 heteroatoms. The molecule has 2 fully saturated rings. The Balaban J connectivity index is 1.28. The van der Waals surface area contributed by atoms with E-state index in [9.17, 15) is 5.26 Å². The van der Waals surface area contributed by atoms with Crippen molar-refractivity contribution in [2.45, 2.75) is 48.8 Å². The Morgan fingerprint density at radius 2 is 1.54 bits per heavy atom. The van der Waals surface area contributed by atoms with Gasteiger partial charge in [-0.1, -0.05) is 97.2 Å². The zero-order valence-corrected chi connectivity index (χ0v) is 22.9. The molecule has 6 atom stereocenters. The number of benzene rings is 1. The van der Waals surface area contributed by atoms with Gasteiger partial charge in [0.25, 0.3) is 0 Å². The number of nitriles is 1. The number of hydrogen-bond acceptors (Lipinski definition) is 4. The summed E-state index contributed by atoms with van der Waals surface area (Å²) >= 11 is 0. The van der Waals surface area contributed by atoms with Crippen LogP contribution in [-0.2, 0) is 5.41 Å². The second-order valence-electron chi connectivity index (χ2n) is 11.8. The Morgan fingerprint density at radius 3 is 2.24 bits per heavy atom. The molecular formula is C37H32N4. The standard InChI is InChI=1S/C37H32N4/c38-23-26-21-28(25-39-24-26)37-22-27(37)11-10-15-31(37)30-14-4-5-16-32(30)41-35-19-8-6-17-33(35)40(29-12-2-1-3-13-29)34-18-7-9-20-36(34)41/h1-4,6-15,17-21,24-25,27,33-36H,5,16,22H2. The molecule has 2 aromatic rings. The van der Waals surface area contributed by atoms with E-state index in [1.807, 2.05) is 6.20 Å². The zero-order valence-electron chi connectivity index (χ0n) is 22.9. The summed E-state index contributed by atoms with van der Waals surface area (Å²) in [5.74, 6) is 0.438. The van der Waals surface area contributed by atoms with Crippen LogP contribution in [0.15, 0.2) is 145 Å². The predicted octanol–water partition coefficient (Wildman–Crippen LogP) is 6.86. The van der Waals surface area contributed by atoms with Crippen LogP contribution in [0.1, 0.15) is 30.4 Å². The molecule has 4 nitrogen and oxygen atoms in total. The molecule has 1 aromatic carbocycles. The second kappa shape index (κ2) is 9.49. The number of allylic oxidation sites excluding steroid dienone is 12. The Kier molecular flexibility index (Phi) is 5.60. The molecule has 0 amide bonds. The first kappa shape index (κ1) is 24.2. The minimum absolute atomic E-state index is 0.119. The highest BCUT2D eigenvalue weighted by Crippen LogP contribution is 2.63. The van der Waals surface area contributed by atoms with Gasteiger partial charge in [0.05, 0.1) is 29.7 Å². The van der Waals surface area contributed by atoms with Crippen LogP contribution in [0, 0.1) is 17.2 Å². The summed E-state index contributed by atoms with van der Waals surface area (Å²) in [4.78, 5) is 9.83. The van der Waals surface area contributed by atoms with Gasteiger partial charge in [0.15, 0.2) is 0 Å². The quantitative estimate of drug-likeness (QED) is 0.432. The van der Waals surface area contributed by atoms with Crippen LogP contribution in [0.5, 0.6) is 0 Å². The highest BCUT2D eigenvalue weighted by Gasteiger charge is 2.58. The number of fused-ring (bicyclic) bond motifs is 3. The third-order valence-corrected chi connectivity index (χ3v) is 9.72. The van der Waals surface area contributed by atoms with Crippen molar-refractivity contribution in [2.75, 3.05) is 4.90 Å². The first-order chi connectivity index (χ1) is 20.3. The lowest BCUT2D eigenvalue weighted by Gasteiger charge is -2.57. The largest absolute Gasteiger partial charge is 0.357 e. The predicted molar refractivity (Wildman–Crippen MR) is 164 cm³/mol. The van der Waals surface area contributed by atoms with Gasteiger partial charge in [0.1, 0.15) is 6.07 Å². The summed E-state index contributed by atoms with van der Waals surface area (Å²) in [6, 6.07) is 16.1. The van der Waals surface area contributed by atoms with Crippen LogP contribution >= 0.6 is 0 Å². The van der Waals surface area contributed by atoms with Crippen molar-refractivity contribution in [1.29, 1.82) is 5.26 Å². The summed E-state index contributed by atoms with van der Waals surface area (Å²) in [6.45, 7) is 0. The zero-order chi connectivity index (χ0) is 27.4. The summed E-state index contributed by atoms with van der Waals surface area (Å²) in [5.41, 5.74) is 7.09. The molecule has 0 spiro atoms. The monoisotopic (exact) mass is 532 g/mol. The maximum Gasteiger partial charge on any atom is 0.101 e. The molecule has 1 saturated heterocycles. The molecule has 5 aliphatic carbocycles. The maximum atomic E-state index is 9.63. The van der Waals surface area contributed by atoms with E-state index in [1.54, 1.807) is 6.20 Å². The minimum atomic E-state index is -0.119. The average Bonchev–Trinajstić information content (AvgIpc) is 3.80. The Hall–Kier alpha value is -4.62. The van der Waals surface area contributed by atoms with Crippen molar-refractivity contribution >= 4 is 5.69 Å². The van der Waals surface area contributed by atoms with Crippen molar-refractivity contribution in [3.8, 4) is 6.07 Å². The number of nitrogens with zero attached hydrogens (tertiary/aromatic N) is 4. The molecule has 1 aliphatic heterocycles. The van der Waals surface area contributed by atoms with E-state index in [2.05, 4.69) is 136 Å². The van der Waals surface area contributed by atoms with Gasteiger partial charge < -0.3 is 9.80 Å². The van der Waals surface area contributed by atoms with Crippen molar-refractivity contribution in [1.82, 2.24) is 9.88 Å². The summed E-state index contributed by atoms with van der Waals surface area (Å²) < 4.78 is 0. The molecule has 6 aliphatic rings. The molecule has 6 unspecified atom stereocenters. The van der Waals surface area contributed by atoms with Crippen molar-refractivity contribution in [3.05, 3.63) is 156 Å². The van der Waals surface area contributed by atoms with Gasteiger partial charge in [-0.2, -0.15) is 5.26 Å². The minimum Gasteiger partial charge on any atom is -0.357 e. The molecule has 41 heavy (non-hydrogen) atoms. The van der Waals surface area contributed by atoms with Crippen LogP contribution in [-0.4, -0.2) is 34.1 Å². The summed E-state index contributed by atoms with van der Waals surface area (Å²) in [7, 11) is 0. The first-order valence-electron chi connectivity index (χ1n) is 14.8. The fourth-order valence-electron chi connectivity index (χ4n) is 7.89. The fourth-order valence-corrected chi connectivity index (χ4v) is 7.89. The Morgan fingerprint density at radius 1 is 0.829 bits per heavy atom. The van der Waals surface area contributed by atoms with E-state index in [1.165, 1.54) is 22.5 Å². The molecule has 0 radical (unpaired) electrons. The first-order valence-corrected chi connectivity index (χ1v) is 14.8. The van der Waals surface area contributed by atoms with Crippen LogP contribution < -0.4 is 4.90 Å². The Bertz CT molecular complexity index is 1640. The van der Waals surface area contributed by atoms with Gasteiger partial charge in [-0.3, -0.25) is 4.98 Å². The third-order valence-electron chi connectivity index (χ3n) is 9.72. The Labute approximate surface area is 242 Å². The van der Waals surface area contributed by atoms with Gasteiger partial charge >= 0.3 is 0 Å². The van der Waals surface area contributed by atoms with Gasteiger partial charge in [-0.05, 0) is 60.1 Å². The molecule has 0 bridgehead atoms. The van der Waals surface area contributed by atoms with Crippen LogP contribution in [0.2, 0.25) is 0 Å². The molecule has 0 N–H and O–H groups in total.